The molecular formula is C13H11F3N2O3. The van der Waals surface area contributed by atoms with E-state index in [0.29, 0.717) is 0 Å². The van der Waals surface area contributed by atoms with Crippen molar-refractivity contribution in [2.24, 2.45) is 0 Å². The van der Waals surface area contributed by atoms with Gasteiger partial charge in [0.25, 0.3) is 0 Å². The third-order valence-corrected chi connectivity index (χ3v) is 2.57. The molecule has 0 amide bonds. The Balaban J connectivity index is 2.20. The number of carbonyl (C=O) groups is 1. The number of Topliss-reactive ketones (excluding diaryl/α,β-unsaturated/α-hetero) is 1. The Morgan fingerprint density at radius 2 is 2.14 bits per heavy atom. The second-order valence-corrected chi connectivity index (χ2v) is 4.24. The lowest BCUT2D eigenvalue weighted by Gasteiger charge is -2.06. The lowest BCUT2D eigenvalue weighted by atomic mass is 10.1. The van der Waals surface area contributed by atoms with Gasteiger partial charge in [-0.15, -0.1) is 0 Å². The summed E-state index contributed by atoms with van der Waals surface area (Å²) in [5, 5.41) is 3.58. The molecule has 0 saturated heterocycles. The zero-order chi connectivity index (χ0) is 15.5. The van der Waals surface area contributed by atoms with Gasteiger partial charge in [0.1, 0.15) is 6.61 Å². The topological polar surface area (TPSA) is 65.2 Å². The van der Waals surface area contributed by atoms with Crippen molar-refractivity contribution in [1.29, 1.82) is 0 Å². The average molecular weight is 300 g/mol. The van der Waals surface area contributed by atoms with Crippen molar-refractivity contribution >= 4 is 5.78 Å². The molecule has 0 unspecified atom stereocenters. The fourth-order valence-electron chi connectivity index (χ4n) is 1.66. The fourth-order valence-corrected chi connectivity index (χ4v) is 1.66. The van der Waals surface area contributed by atoms with Gasteiger partial charge in [0, 0.05) is 12.7 Å². The number of methoxy groups -OCH3 is 1. The third kappa shape index (κ3) is 3.88. The number of hydrogen-bond donors (Lipinski definition) is 0. The van der Waals surface area contributed by atoms with Crippen LogP contribution in [0.15, 0.2) is 28.8 Å². The molecule has 0 radical (unpaired) electrons. The zero-order valence-electron chi connectivity index (χ0n) is 11.0. The van der Waals surface area contributed by atoms with Crippen LogP contribution in [0.1, 0.15) is 11.5 Å². The summed E-state index contributed by atoms with van der Waals surface area (Å²) in [5.41, 5.74) is -0.638. The minimum absolute atomic E-state index is 0.00122. The number of carbonyl (C=O) groups excluding carboxylic acids is 1. The summed E-state index contributed by atoms with van der Waals surface area (Å²) in [6.07, 6.45) is -4.57. The summed E-state index contributed by atoms with van der Waals surface area (Å²) in [7, 11) is 1.37. The predicted octanol–water partition coefficient (Wildman–Crippen LogP) is 2.51. The fraction of sp³-hybridized carbons (Fsp3) is 0.308. The first-order valence-corrected chi connectivity index (χ1v) is 5.91. The first-order valence-electron chi connectivity index (χ1n) is 5.91. The second kappa shape index (κ2) is 6.04. The number of hydrogen-bond acceptors (Lipinski definition) is 5. The molecule has 1 heterocycles. The van der Waals surface area contributed by atoms with Crippen molar-refractivity contribution in [3.63, 3.8) is 0 Å². The maximum Gasteiger partial charge on any atom is 0.416 e. The molecule has 21 heavy (non-hydrogen) atoms. The SMILES string of the molecule is COCC(=O)Cc1nc(-c2cccc(C(F)(F)F)c2)no1. The van der Waals surface area contributed by atoms with Gasteiger partial charge in [-0.05, 0) is 12.1 Å². The van der Waals surface area contributed by atoms with Crippen molar-refractivity contribution in [2.75, 3.05) is 13.7 Å². The highest BCUT2D eigenvalue weighted by atomic mass is 19.4. The van der Waals surface area contributed by atoms with Crippen molar-refractivity contribution in [2.45, 2.75) is 12.6 Å². The summed E-state index contributed by atoms with van der Waals surface area (Å²) in [5.74, 6) is -0.234. The van der Waals surface area contributed by atoms with E-state index < -0.39 is 11.7 Å². The largest absolute Gasteiger partial charge is 0.416 e. The maximum absolute atomic E-state index is 12.6. The second-order valence-electron chi connectivity index (χ2n) is 4.24. The summed E-state index contributed by atoms with van der Waals surface area (Å²) in [6, 6.07) is 4.56. The van der Waals surface area contributed by atoms with Crippen LogP contribution in [0.2, 0.25) is 0 Å². The highest BCUT2D eigenvalue weighted by Gasteiger charge is 2.30. The molecule has 0 bridgehead atoms. The van der Waals surface area contributed by atoms with Crippen LogP contribution in [0.3, 0.4) is 0 Å². The lowest BCUT2D eigenvalue weighted by molar-refractivity contribution is -0.137. The van der Waals surface area contributed by atoms with E-state index in [0.717, 1.165) is 12.1 Å². The van der Waals surface area contributed by atoms with Gasteiger partial charge in [0.15, 0.2) is 5.78 Å². The molecule has 0 aliphatic rings. The van der Waals surface area contributed by atoms with Crippen molar-refractivity contribution in [3.8, 4) is 11.4 Å². The molecule has 2 rings (SSSR count). The quantitative estimate of drug-likeness (QED) is 0.849. The minimum atomic E-state index is -4.45. The van der Waals surface area contributed by atoms with Crippen LogP contribution in [0.4, 0.5) is 13.2 Å². The van der Waals surface area contributed by atoms with Crippen LogP contribution in [0, 0.1) is 0 Å². The Bertz CT molecular complexity index is 638. The third-order valence-electron chi connectivity index (χ3n) is 2.57. The van der Waals surface area contributed by atoms with Crippen molar-refractivity contribution < 1.29 is 27.2 Å². The molecule has 0 saturated carbocycles. The van der Waals surface area contributed by atoms with Crippen LogP contribution < -0.4 is 0 Å². The number of benzene rings is 1. The first kappa shape index (κ1) is 15.2. The summed E-state index contributed by atoms with van der Waals surface area (Å²) < 4.78 is 47.4. The Labute approximate surface area is 117 Å². The Morgan fingerprint density at radius 3 is 2.81 bits per heavy atom. The van der Waals surface area contributed by atoms with E-state index in [1.807, 2.05) is 0 Å². The van der Waals surface area contributed by atoms with E-state index in [2.05, 4.69) is 14.9 Å². The van der Waals surface area contributed by atoms with Gasteiger partial charge in [-0.3, -0.25) is 4.79 Å². The molecule has 5 nitrogen and oxygen atoms in total. The minimum Gasteiger partial charge on any atom is -0.377 e. The van der Waals surface area contributed by atoms with Gasteiger partial charge in [-0.25, -0.2) is 0 Å². The van der Waals surface area contributed by atoms with Crippen molar-refractivity contribution in [3.05, 3.63) is 35.7 Å². The van der Waals surface area contributed by atoms with E-state index in [9.17, 15) is 18.0 Å². The number of rotatable bonds is 5. The number of halogens is 3. The highest BCUT2D eigenvalue weighted by molar-refractivity contribution is 5.81. The van der Waals surface area contributed by atoms with Gasteiger partial charge in [-0.2, -0.15) is 18.2 Å². The molecule has 0 aliphatic carbocycles. The number of ether oxygens (including phenoxy) is 1. The molecule has 0 aliphatic heterocycles. The standard InChI is InChI=1S/C13H11F3N2O3/c1-20-7-10(19)6-11-17-12(18-21-11)8-3-2-4-9(5-8)13(14,15)16/h2-5H,6-7H2,1H3. The van der Waals surface area contributed by atoms with Gasteiger partial charge in [0.05, 0.1) is 12.0 Å². The van der Waals surface area contributed by atoms with Gasteiger partial charge in [0.2, 0.25) is 11.7 Å². The van der Waals surface area contributed by atoms with E-state index in [1.54, 1.807) is 0 Å². The van der Waals surface area contributed by atoms with Crippen LogP contribution in [0.25, 0.3) is 11.4 Å². The van der Waals surface area contributed by atoms with Crippen LogP contribution in [-0.2, 0) is 22.1 Å². The molecule has 112 valence electrons. The molecule has 0 spiro atoms. The Kier molecular flexibility index (Phi) is 4.37. The Hall–Kier alpha value is -2.22. The van der Waals surface area contributed by atoms with E-state index in [-0.39, 0.29) is 36.1 Å². The highest BCUT2D eigenvalue weighted by Crippen LogP contribution is 2.31. The molecule has 1 aromatic heterocycles. The van der Waals surface area contributed by atoms with E-state index in [4.69, 9.17) is 4.52 Å². The van der Waals surface area contributed by atoms with E-state index >= 15 is 0 Å². The number of ketones is 1. The molecule has 0 atom stereocenters. The number of nitrogens with zero attached hydrogens (tertiary/aromatic N) is 2. The van der Waals surface area contributed by atoms with E-state index in [1.165, 1.54) is 19.2 Å². The normalized spacial score (nSPS) is 11.6. The molecule has 2 aromatic rings. The predicted molar refractivity (Wildman–Crippen MR) is 65.3 cm³/mol. The summed E-state index contributed by atoms with van der Waals surface area (Å²) >= 11 is 0. The monoisotopic (exact) mass is 300 g/mol. The molecule has 0 fully saturated rings. The smallest absolute Gasteiger partial charge is 0.377 e. The molecular weight excluding hydrogens is 289 g/mol. The van der Waals surface area contributed by atoms with Gasteiger partial charge < -0.3 is 9.26 Å². The lowest BCUT2D eigenvalue weighted by Crippen LogP contribution is -2.09. The maximum atomic E-state index is 12.6. The summed E-state index contributed by atoms with van der Waals surface area (Å²) in [4.78, 5) is 15.2. The van der Waals surface area contributed by atoms with Crippen LogP contribution in [0.5, 0.6) is 0 Å². The molecule has 1 aromatic carbocycles. The molecule has 0 N–H and O–H groups in total. The van der Waals surface area contributed by atoms with Crippen LogP contribution in [-0.4, -0.2) is 29.6 Å². The van der Waals surface area contributed by atoms with Crippen LogP contribution >= 0.6 is 0 Å². The van der Waals surface area contributed by atoms with Gasteiger partial charge >= 0.3 is 6.18 Å². The Morgan fingerprint density at radius 1 is 1.38 bits per heavy atom. The van der Waals surface area contributed by atoms with Gasteiger partial charge in [-0.1, -0.05) is 17.3 Å². The van der Waals surface area contributed by atoms with Crippen molar-refractivity contribution in [1.82, 2.24) is 10.1 Å². The first-order chi connectivity index (χ1) is 9.90. The molecule has 8 heteroatoms. The summed E-state index contributed by atoms with van der Waals surface area (Å²) in [6.45, 7) is -0.0960. The zero-order valence-corrected chi connectivity index (χ0v) is 11.0. The number of aromatic nitrogens is 2. The number of alkyl halides is 3. The average Bonchev–Trinajstić information content (AvgIpc) is 2.86.